The van der Waals surface area contributed by atoms with Gasteiger partial charge in [0.15, 0.2) is 0 Å². The molecule has 1 atom stereocenters. The van der Waals surface area contributed by atoms with Crippen molar-refractivity contribution in [3.05, 3.63) is 0 Å². The molecule has 1 unspecified atom stereocenters. The van der Waals surface area contributed by atoms with Gasteiger partial charge in [-0.25, -0.2) is 4.79 Å². The molecule has 0 aromatic heterocycles. The summed E-state index contributed by atoms with van der Waals surface area (Å²) in [7, 11) is 2.60. The second-order valence-electron chi connectivity index (χ2n) is 1.44. The van der Waals surface area contributed by atoms with E-state index in [1.807, 2.05) is 0 Å². The van der Waals surface area contributed by atoms with Crippen molar-refractivity contribution in [1.29, 1.82) is 0 Å². The van der Waals surface area contributed by atoms with E-state index >= 15 is 0 Å². The van der Waals surface area contributed by atoms with Gasteiger partial charge in [-0.05, 0) is 0 Å². The zero-order valence-corrected chi connectivity index (χ0v) is 6.63. The van der Waals surface area contributed by atoms with Gasteiger partial charge in [-0.2, -0.15) is 0 Å². The maximum absolute atomic E-state index is 10.5. The molecular formula is C3H8ClNO2P+. The lowest BCUT2D eigenvalue weighted by atomic mass is 11.0. The summed E-state index contributed by atoms with van der Waals surface area (Å²) in [6.45, 7) is 0. The summed E-state index contributed by atoms with van der Waals surface area (Å²) in [5.74, 6) is 0. The Balaban J connectivity index is 3.33. The smallest absolute Gasteiger partial charge is 0.314 e. The Labute approximate surface area is 55.0 Å². The van der Waals surface area contributed by atoms with Crippen LogP contribution in [0.25, 0.3) is 0 Å². The molecule has 48 valence electrons. The highest BCUT2D eigenvalue weighted by molar-refractivity contribution is 7.53. The van der Waals surface area contributed by atoms with Crippen LogP contribution in [-0.4, -0.2) is 24.6 Å². The minimum absolute atomic E-state index is 0.0556. The van der Waals surface area contributed by atoms with E-state index < -0.39 is 8.81 Å². The van der Waals surface area contributed by atoms with E-state index in [4.69, 9.17) is 11.9 Å². The first-order valence-corrected chi connectivity index (χ1v) is 3.36. The van der Waals surface area contributed by atoms with E-state index in [1.165, 1.54) is 4.90 Å². The Hall–Kier alpha value is 0.150. The lowest BCUT2D eigenvalue weighted by molar-refractivity contribution is 0.239. The predicted octanol–water partition coefficient (Wildman–Crippen LogP) is 1.16. The number of amides is 1. The van der Waals surface area contributed by atoms with Crippen LogP contribution in [0.3, 0.4) is 0 Å². The molecule has 0 saturated heterocycles. The molecule has 1 amide bonds. The second kappa shape index (κ2) is 4.07. The normalized spacial score (nSPS) is 10.4. The van der Waals surface area contributed by atoms with Gasteiger partial charge in [0.05, 0.1) is 0 Å². The molecule has 3 nitrogen and oxygen atoms in total. The minimum atomic E-state index is -0.714. The van der Waals surface area contributed by atoms with Crippen LogP contribution in [0.15, 0.2) is 0 Å². The average molecular weight is 157 g/mol. The zero-order valence-electron chi connectivity index (χ0n) is 4.72. The Bertz CT molecular complexity index is 87.4. The van der Waals surface area contributed by atoms with Gasteiger partial charge in [-0.3, -0.25) is 0 Å². The van der Waals surface area contributed by atoms with Gasteiger partial charge in [-0.1, -0.05) is 0 Å². The molecule has 0 aromatic carbocycles. The number of nitrogens with zero attached hydrogens (tertiary/aromatic N) is 1. The molecule has 0 aliphatic carbocycles. The first-order valence-electron chi connectivity index (χ1n) is 2.00. The van der Waals surface area contributed by atoms with Gasteiger partial charge in [0.25, 0.3) is 0 Å². The number of carbonyl (C=O) groups excluding carboxylic acids is 1. The SMILES string of the molecule is CN(C)C(=O)[PH2+]OCl. The highest BCUT2D eigenvalue weighted by Gasteiger charge is 2.09. The summed E-state index contributed by atoms with van der Waals surface area (Å²) >= 11 is 4.83. The molecule has 0 radical (unpaired) electrons. The molecule has 0 aromatic rings. The van der Waals surface area contributed by atoms with Crippen LogP contribution < -0.4 is 0 Å². The third-order valence-corrected chi connectivity index (χ3v) is 1.66. The molecule has 0 aliphatic heterocycles. The van der Waals surface area contributed by atoms with E-state index in [9.17, 15) is 4.79 Å². The molecule has 0 rings (SSSR count). The van der Waals surface area contributed by atoms with Crippen molar-refractivity contribution in [1.82, 2.24) is 4.90 Å². The number of rotatable bonds is 2. The molecule has 0 saturated carbocycles. The summed E-state index contributed by atoms with van der Waals surface area (Å²) in [5, 5.41) is 0. The fraction of sp³-hybridized carbons (Fsp3) is 0.667. The lowest BCUT2D eigenvalue weighted by Crippen LogP contribution is -2.14. The largest absolute Gasteiger partial charge is 0.388 e. The van der Waals surface area contributed by atoms with Crippen molar-refractivity contribution in [3.8, 4) is 0 Å². The topological polar surface area (TPSA) is 29.5 Å². The number of hydrogen-bond acceptors (Lipinski definition) is 2. The Morgan fingerprint density at radius 1 is 1.75 bits per heavy atom. The van der Waals surface area contributed by atoms with E-state index in [0.29, 0.717) is 0 Å². The van der Waals surface area contributed by atoms with E-state index in [2.05, 4.69) is 4.08 Å². The molecule has 0 fully saturated rings. The highest BCUT2D eigenvalue weighted by Crippen LogP contribution is 2.16. The van der Waals surface area contributed by atoms with Crippen molar-refractivity contribution in [2.24, 2.45) is 0 Å². The van der Waals surface area contributed by atoms with Gasteiger partial charge < -0.3 is 4.90 Å². The van der Waals surface area contributed by atoms with Gasteiger partial charge in [0, 0.05) is 14.1 Å². The quantitative estimate of drug-likeness (QED) is 0.562. The fourth-order valence-corrected chi connectivity index (χ4v) is 0.659. The summed E-state index contributed by atoms with van der Waals surface area (Å²) in [6, 6.07) is 0. The molecular weight excluding hydrogens is 148 g/mol. The van der Waals surface area contributed by atoms with Crippen LogP contribution in [0, 0.1) is 0 Å². The minimum Gasteiger partial charge on any atom is -0.314 e. The molecule has 0 bridgehead atoms. The Morgan fingerprint density at radius 3 is 2.38 bits per heavy atom. The van der Waals surface area contributed by atoms with Crippen LogP contribution >= 0.6 is 20.7 Å². The average Bonchev–Trinajstić information content (AvgIpc) is 1.67. The van der Waals surface area contributed by atoms with Crippen LogP contribution in [0.1, 0.15) is 0 Å². The summed E-state index contributed by atoms with van der Waals surface area (Å²) in [6.07, 6.45) is 0. The predicted molar refractivity (Wildman–Crippen MR) is 35.7 cm³/mol. The van der Waals surface area contributed by atoms with E-state index in [-0.39, 0.29) is 5.65 Å². The zero-order chi connectivity index (χ0) is 6.57. The van der Waals surface area contributed by atoms with Crippen molar-refractivity contribution >= 4 is 26.3 Å². The second-order valence-corrected chi connectivity index (χ2v) is 2.88. The number of halogens is 1. The van der Waals surface area contributed by atoms with E-state index in [0.717, 1.165) is 0 Å². The first-order chi connectivity index (χ1) is 3.68. The molecule has 5 heteroatoms. The van der Waals surface area contributed by atoms with Gasteiger partial charge in [-0.15, -0.1) is 4.08 Å². The Morgan fingerprint density at radius 2 is 2.25 bits per heavy atom. The van der Waals surface area contributed by atoms with Gasteiger partial charge in [0.2, 0.25) is 8.81 Å². The maximum atomic E-state index is 10.5. The number of hydrogen-bond donors (Lipinski definition) is 0. The van der Waals surface area contributed by atoms with Crippen molar-refractivity contribution in [3.63, 3.8) is 0 Å². The van der Waals surface area contributed by atoms with Crippen LogP contribution in [0.2, 0.25) is 0 Å². The molecule has 0 N–H and O–H groups in total. The van der Waals surface area contributed by atoms with Crippen molar-refractivity contribution < 1.29 is 8.87 Å². The molecule has 0 spiro atoms. The van der Waals surface area contributed by atoms with Crippen LogP contribution in [0.4, 0.5) is 4.79 Å². The Kier molecular flexibility index (Phi) is 4.15. The lowest BCUT2D eigenvalue weighted by Gasteiger charge is -2.00. The molecule has 8 heavy (non-hydrogen) atoms. The first kappa shape index (κ1) is 8.15. The monoisotopic (exact) mass is 156 g/mol. The third kappa shape index (κ3) is 3.19. The summed E-state index contributed by atoms with van der Waals surface area (Å²) in [5.41, 5.74) is -0.0556. The molecule has 0 aliphatic rings. The van der Waals surface area contributed by atoms with Crippen molar-refractivity contribution in [2.45, 2.75) is 0 Å². The van der Waals surface area contributed by atoms with Crippen molar-refractivity contribution in [2.75, 3.05) is 14.1 Å². The maximum Gasteiger partial charge on any atom is 0.388 e. The number of carbonyl (C=O) groups is 1. The van der Waals surface area contributed by atoms with Gasteiger partial charge >= 0.3 is 5.65 Å². The highest BCUT2D eigenvalue weighted by atomic mass is 35.5. The van der Waals surface area contributed by atoms with Gasteiger partial charge in [0.1, 0.15) is 11.9 Å². The standard InChI is InChI=1S/C3H7ClNO2P/c1-5(2)3(6)8-7-4/h8H,1-2H3/p+1. The van der Waals surface area contributed by atoms with E-state index in [1.54, 1.807) is 14.1 Å². The summed E-state index contributed by atoms with van der Waals surface area (Å²) < 4.78 is 4.13. The van der Waals surface area contributed by atoms with Crippen LogP contribution in [0.5, 0.6) is 0 Å². The fourth-order valence-electron chi connectivity index (χ4n) is 0.144. The third-order valence-electron chi connectivity index (χ3n) is 0.586. The molecule has 0 heterocycles. The summed E-state index contributed by atoms with van der Waals surface area (Å²) in [4.78, 5) is 11.9. The van der Waals surface area contributed by atoms with Crippen LogP contribution in [-0.2, 0) is 4.08 Å².